The Morgan fingerprint density at radius 3 is 2.26 bits per heavy atom. The van der Waals surface area contributed by atoms with Gasteiger partial charge < -0.3 is 19.9 Å². The van der Waals surface area contributed by atoms with Gasteiger partial charge in [-0.2, -0.15) is 0 Å². The Kier molecular flexibility index (Phi) is 7.50. The van der Waals surface area contributed by atoms with Crippen LogP contribution in [0.25, 0.3) is 0 Å². The number of nitrogens with zero attached hydrogens (tertiary/aromatic N) is 2. The van der Waals surface area contributed by atoms with Gasteiger partial charge in [-0.15, -0.1) is 0 Å². The van der Waals surface area contributed by atoms with E-state index < -0.39 is 6.04 Å². The summed E-state index contributed by atoms with van der Waals surface area (Å²) in [4.78, 5) is 43.2. The van der Waals surface area contributed by atoms with Crippen LogP contribution in [0.1, 0.15) is 52.0 Å². The van der Waals surface area contributed by atoms with Gasteiger partial charge in [0, 0.05) is 37.3 Å². The summed E-state index contributed by atoms with van der Waals surface area (Å²) in [5.41, 5.74) is 2.21. The van der Waals surface area contributed by atoms with Crippen LogP contribution in [-0.4, -0.2) is 66.9 Å². The van der Waals surface area contributed by atoms with E-state index in [4.69, 9.17) is 4.74 Å². The van der Waals surface area contributed by atoms with E-state index in [2.05, 4.69) is 5.32 Å². The third kappa shape index (κ3) is 5.41. The number of likely N-dealkylation sites (tertiary alicyclic amines) is 2. The summed E-state index contributed by atoms with van der Waals surface area (Å²) in [6, 6.07) is 14.0. The Morgan fingerprint density at radius 1 is 0.912 bits per heavy atom. The number of hydrogen-bond acceptors (Lipinski definition) is 4. The summed E-state index contributed by atoms with van der Waals surface area (Å²) in [7, 11) is 1.56. The van der Waals surface area contributed by atoms with Crippen molar-refractivity contribution < 1.29 is 19.1 Å². The van der Waals surface area contributed by atoms with Crippen molar-refractivity contribution in [2.75, 3.05) is 33.3 Å². The second-order valence-electron chi connectivity index (χ2n) is 9.21. The predicted octanol–water partition coefficient (Wildman–Crippen LogP) is 3.28. The Morgan fingerprint density at radius 2 is 1.59 bits per heavy atom. The Bertz CT molecular complexity index is 1040. The molecule has 0 saturated carbocycles. The number of methoxy groups -OCH3 is 1. The van der Waals surface area contributed by atoms with Gasteiger partial charge in [-0.1, -0.05) is 23.8 Å². The molecule has 2 saturated heterocycles. The lowest BCUT2D eigenvalue weighted by Crippen LogP contribution is -2.54. The second-order valence-corrected chi connectivity index (χ2v) is 9.21. The van der Waals surface area contributed by atoms with E-state index >= 15 is 0 Å². The maximum absolute atomic E-state index is 13.4. The summed E-state index contributed by atoms with van der Waals surface area (Å²) >= 11 is 0. The standard InChI is InChI=1S/C27H33N3O4/c1-19-7-5-9-22(17-19)26(32)30-15-11-20(12-16-30)24(27(33)29-13-3-4-14-29)28-25(31)21-8-6-10-23(18-21)34-2/h5-10,17-18,20,24H,3-4,11-16H2,1-2H3,(H,28,31). The fourth-order valence-corrected chi connectivity index (χ4v) is 4.90. The van der Waals surface area contributed by atoms with Gasteiger partial charge >= 0.3 is 0 Å². The molecule has 1 unspecified atom stereocenters. The first kappa shape index (κ1) is 23.8. The molecule has 0 aliphatic carbocycles. The largest absolute Gasteiger partial charge is 0.497 e. The predicted molar refractivity (Wildman–Crippen MR) is 130 cm³/mol. The molecule has 2 heterocycles. The van der Waals surface area contributed by atoms with Crippen LogP contribution >= 0.6 is 0 Å². The number of carbonyl (C=O) groups is 3. The van der Waals surface area contributed by atoms with E-state index in [1.807, 2.05) is 41.0 Å². The molecule has 2 aromatic carbocycles. The average Bonchev–Trinajstić information content (AvgIpc) is 3.42. The van der Waals surface area contributed by atoms with E-state index in [0.29, 0.717) is 42.8 Å². The lowest BCUT2D eigenvalue weighted by Gasteiger charge is -2.37. The molecule has 180 valence electrons. The SMILES string of the molecule is COc1cccc(C(=O)NC(C(=O)N2CCCC2)C2CCN(C(=O)c3cccc(C)c3)CC2)c1. The molecule has 3 amide bonds. The van der Waals surface area contributed by atoms with Gasteiger partial charge in [-0.25, -0.2) is 0 Å². The quantitative estimate of drug-likeness (QED) is 0.713. The van der Waals surface area contributed by atoms with E-state index in [-0.39, 0.29) is 23.6 Å². The highest BCUT2D eigenvalue weighted by Gasteiger charge is 2.37. The van der Waals surface area contributed by atoms with Crippen LogP contribution in [0.15, 0.2) is 48.5 Å². The van der Waals surface area contributed by atoms with Crippen molar-refractivity contribution in [1.82, 2.24) is 15.1 Å². The number of amides is 3. The van der Waals surface area contributed by atoms with Gasteiger partial charge in [-0.3, -0.25) is 14.4 Å². The van der Waals surface area contributed by atoms with Crippen molar-refractivity contribution >= 4 is 17.7 Å². The zero-order valence-electron chi connectivity index (χ0n) is 20.0. The van der Waals surface area contributed by atoms with Gasteiger partial charge in [0.25, 0.3) is 11.8 Å². The monoisotopic (exact) mass is 463 g/mol. The minimum atomic E-state index is -0.604. The van der Waals surface area contributed by atoms with Crippen LogP contribution in [0.3, 0.4) is 0 Å². The Balaban J connectivity index is 1.46. The van der Waals surface area contributed by atoms with Gasteiger partial charge in [-0.05, 0) is 68.9 Å². The molecular weight excluding hydrogens is 430 g/mol. The van der Waals surface area contributed by atoms with Crippen LogP contribution in [0.2, 0.25) is 0 Å². The minimum absolute atomic E-state index is 0.0165. The molecule has 1 atom stereocenters. The van der Waals surface area contributed by atoms with Crippen molar-refractivity contribution in [3.63, 3.8) is 0 Å². The smallest absolute Gasteiger partial charge is 0.253 e. The third-order valence-electron chi connectivity index (χ3n) is 6.87. The van der Waals surface area contributed by atoms with Crippen LogP contribution in [0, 0.1) is 12.8 Å². The molecule has 7 nitrogen and oxygen atoms in total. The van der Waals surface area contributed by atoms with Gasteiger partial charge in [0.2, 0.25) is 5.91 Å². The molecule has 4 rings (SSSR count). The van der Waals surface area contributed by atoms with Gasteiger partial charge in [0.15, 0.2) is 0 Å². The van der Waals surface area contributed by atoms with Crippen LogP contribution in [0.4, 0.5) is 0 Å². The fraction of sp³-hybridized carbons (Fsp3) is 0.444. The number of piperidine rings is 1. The van der Waals surface area contributed by atoms with Crippen LogP contribution < -0.4 is 10.1 Å². The summed E-state index contributed by atoms with van der Waals surface area (Å²) in [6.07, 6.45) is 3.32. The third-order valence-corrected chi connectivity index (χ3v) is 6.87. The second kappa shape index (κ2) is 10.7. The summed E-state index contributed by atoms with van der Waals surface area (Å²) in [5.74, 6) is 0.291. The maximum Gasteiger partial charge on any atom is 0.253 e. The first-order chi connectivity index (χ1) is 16.5. The molecule has 2 aliphatic rings. The number of hydrogen-bond donors (Lipinski definition) is 1. The first-order valence-corrected chi connectivity index (χ1v) is 12.1. The molecular formula is C27H33N3O4. The molecule has 2 aromatic rings. The maximum atomic E-state index is 13.4. The van der Waals surface area contributed by atoms with Crippen LogP contribution in [0.5, 0.6) is 5.75 Å². The highest BCUT2D eigenvalue weighted by atomic mass is 16.5. The van der Waals surface area contributed by atoms with Gasteiger partial charge in [0.05, 0.1) is 7.11 Å². The first-order valence-electron chi connectivity index (χ1n) is 12.1. The summed E-state index contributed by atoms with van der Waals surface area (Å²) in [6.45, 7) is 4.57. The zero-order valence-corrected chi connectivity index (χ0v) is 20.0. The zero-order chi connectivity index (χ0) is 24.1. The molecule has 0 aromatic heterocycles. The number of rotatable bonds is 6. The topological polar surface area (TPSA) is 79.0 Å². The van der Waals surface area contributed by atoms with Crippen molar-refractivity contribution in [2.45, 2.75) is 38.6 Å². The van der Waals surface area contributed by atoms with E-state index in [0.717, 1.165) is 31.5 Å². The van der Waals surface area contributed by atoms with Crippen molar-refractivity contribution in [2.24, 2.45) is 5.92 Å². The average molecular weight is 464 g/mol. The van der Waals surface area contributed by atoms with Crippen molar-refractivity contribution in [3.8, 4) is 5.75 Å². The van der Waals surface area contributed by atoms with Crippen LogP contribution in [-0.2, 0) is 4.79 Å². The van der Waals surface area contributed by atoms with E-state index in [9.17, 15) is 14.4 Å². The fourth-order valence-electron chi connectivity index (χ4n) is 4.90. The molecule has 0 bridgehead atoms. The molecule has 1 N–H and O–H groups in total. The molecule has 2 aliphatic heterocycles. The number of carbonyl (C=O) groups excluding carboxylic acids is 3. The van der Waals surface area contributed by atoms with Crippen molar-refractivity contribution in [3.05, 3.63) is 65.2 Å². The minimum Gasteiger partial charge on any atom is -0.497 e. The normalized spacial score (nSPS) is 17.4. The van der Waals surface area contributed by atoms with Crippen molar-refractivity contribution in [1.29, 1.82) is 0 Å². The highest BCUT2D eigenvalue weighted by molar-refractivity contribution is 5.98. The molecule has 7 heteroatoms. The lowest BCUT2D eigenvalue weighted by atomic mass is 9.88. The highest BCUT2D eigenvalue weighted by Crippen LogP contribution is 2.25. The van der Waals surface area contributed by atoms with E-state index in [1.165, 1.54) is 0 Å². The number of aryl methyl sites for hydroxylation is 1. The Labute approximate surface area is 201 Å². The molecule has 34 heavy (non-hydrogen) atoms. The number of benzene rings is 2. The lowest BCUT2D eigenvalue weighted by molar-refractivity contribution is -0.134. The van der Waals surface area contributed by atoms with E-state index in [1.54, 1.807) is 31.4 Å². The Hall–Kier alpha value is -3.35. The molecule has 2 fully saturated rings. The summed E-state index contributed by atoms with van der Waals surface area (Å²) < 4.78 is 5.24. The number of nitrogens with one attached hydrogen (secondary N) is 1. The number of ether oxygens (including phenoxy) is 1. The van der Waals surface area contributed by atoms with Gasteiger partial charge in [0.1, 0.15) is 11.8 Å². The summed E-state index contributed by atoms with van der Waals surface area (Å²) in [5, 5.41) is 3.03. The molecule has 0 spiro atoms. The molecule has 0 radical (unpaired) electrons.